The van der Waals surface area contributed by atoms with E-state index in [1.54, 1.807) is 11.0 Å². The van der Waals surface area contributed by atoms with E-state index < -0.39 is 5.92 Å². The van der Waals surface area contributed by atoms with Crippen molar-refractivity contribution in [1.82, 2.24) is 19.8 Å². The van der Waals surface area contributed by atoms with E-state index >= 15 is 0 Å². The number of likely N-dealkylation sites (N-methyl/N-ethyl adjacent to an activating group) is 1. The summed E-state index contributed by atoms with van der Waals surface area (Å²) in [7, 11) is 3.95. The zero-order valence-electron chi connectivity index (χ0n) is 18.9. The van der Waals surface area contributed by atoms with Gasteiger partial charge in [-0.25, -0.2) is 4.98 Å². The third kappa shape index (κ3) is 5.35. The van der Waals surface area contributed by atoms with E-state index in [-0.39, 0.29) is 18.0 Å². The van der Waals surface area contributed by atoms with Crippen LogP contribution in [-0.2, 0) is 11.3 Å². The van der Waals surface area contributed by atoms with Crippen LogP contribution in [0.3, 0.4) is 0 Å². The number of benzene rings is 3. The fourth-order valence-corrected chi connectivity index (χ4v) is 3.93. The molecule has 33 heavy (non-hydrogen) atoms. The first kappa shape index (κ1) is 22.4. The lowest BCUT2D eigenvalue weighted by atomic mass is 9.90. The fraction of sp³-hybridized carbons (Fsp3) is 0.222. The van der Waals surface area contributed by atoms with Gasteiger partial charge in [0.25, 0.3) is 5.56 Å². The second kappa shape index (κ2) is 10.2. The van der Waals surface area contributed by atoms with E-state index in [0.29, 0.717) is 29.8 Å². The minimum atomic E-state index is -0.443. The van der Waals surface area contributed by atoms with E-state index in [4.69, 9.17) is 0 Å². The summed E-state index contributed by atoms with van der Waals surface area (Å²) >= 11 is 0. The maximum absolute atomic E-state index is 14.0. The van der Waals surface area contributed by atoms with Crippen LogP contribution < -0.4 is 5.56 Å². The average Bonchev–Trinajstić information content (AvgIpc) is 2.83. The molecule has 1 N–H and O–H groups in total. The number of para-hydroxylation sites is 1. The normalized spacial score (nSPS) is 11.3. The monoisotopic (exact) mass is 440 g/mol. The molecule has 1 amide bonds. The van der Waals surface area contributed by atoms with Crippen molar-refractivity contribution >= 4 is 16.8 Å². The molecule has 0 atom stereocenters. The number of nitrogens with zero attached hydrogens (tertiary/aromatic N) is 3. The smallest absolute Gasteiger partial charge is 0.258 e. The third-order valence-corrected chi connectivity index (χ3v) is 5.64. The van der Waals surface area contributed by atoms with Crippen LogP contribution in [0.4, 0.5) is 0 Å². The second-order valence-electron chi connectivity index (χ2n) is 8.35. The number of aromatic nitrogens is 2. The summed E-state index contributed by atoms with van der Waals surface area (Å²) in [6.07, 6.45) is 0. The number of hydrogen-bond acceptors (Lipinski definition) is 4. The molecular weight excluding hydrogens is 412 g/mol. The Hall–Kier alpha value is -3.77. The molecule has 4 aromatic rings. The van der Waals surface area contributed by atoms with Crippen molar-refractivity contribution in [3.8, 4) is 0 Å². The van der Waals surface area contributed by atoms with Crippen molar-refractivity contribution in [3.63, 3.8) is 0 Å². The molecule has 0 aliphatic carbocycles. The van der Waals surface area contributed by atoms with Gasteiger partial charge in [0.1, 0.15) is 5.82 Å². The van der Waals surface area contributed by atoms with Gasteiger partial charge in [0, 0.05) is 13.1 Å². The van der Waals surface area contributed by atoms with E-state index in [1.165, 1.54) is 0 Å². The Bertz CT molecular complexity index is 1230. The highest BCUT2D eigenvalue weighted by Crippen LogP contribution is 2.27. The highest BCUT2D eigenvalue weighted by atomic mass is 16.2. The van der Waals surface area contributed by atoms with Crippen LogP contribution in [0.1, 0.15) is 22.9 Å². The highest BCUT2D eigenvalue weighted by molar-refractivity contribution is 5.87. The van der Waals surface area contributed by atoms with Crippen LogP contribution in [0.2, 0.25) is 0 Å². The molecule has 0 aliphatic rings. The maximum atomic E-state index is 14.0. The highest BCUT2D eigenvalue weighted by Gasteiger charge is 2.28. The van der Waals surface area contributed by atoms with Crippen LogP contribution in [0.15, 0.2) is 89.7 Å². The van der Waals surface area contributed by atoms with E-state index in [9.17, 15) is 9.59 Å². The van der Waals surface area contributed by atoms with Crippen molar-refractivity contribution in [2.45, 2.75) is 12.5 Å². The van der Waals surface area contributed by atoms with E-state index in [1.807, 2.05) is 97.9 Å². The van der Waals surface area contributed by atoms with Crippen molar-refractivity contribution in [1.29, 1.82) is 0 Å². The number of nitrogens with one attached hydrogen (secondary N) is 1. The standard InChI is InChI=1S/C27H28N4O2/c1-30(2)17-18-31(19-24-28-23-16-10-9-15-22(23)26(32)29-24)27(33)25(20-11-5-3-6-12-20)21-13-7-4-8-14-21/h3-16,25H,17-19H2,1-2H3,(H,28,29,32). The van der Waals surface area contributed by atoms with E-state index in [2.05, 4.69) is 9.97 Å². The first-order valence-corrected chi connectivity index (χ1v) is 11.0. The molecule has 0 radical (unpaired) electrons. The van der Waals surface area contributed by atoms with Crippen LogP contribution in [0, 0.1) is 0 Å². The van der Waals surface area contributed by atoms with Crippen molar-refractivity contribution in [2.24, 2.45) is 0 Å². The average molecular weight is 441 g/mol. The Morgan fingerprint density at radius 2 is 1.42 bits per heavy atom. The van der Waals surface area contributed by atoms with Crippen molar-refractivity contribution < 1.29 is 4.79 Å². The minimum absolute atomic E-state index is 0.0231. The number of carbonyl (C=O) groups is 1. The molecule has 4 rings (SSSR count). The zero-order valence-corrected chi connectivity index (χ0v) is 18.9. The first-order valence-electron chi connectivity index (χ1n) is 11.0. The molecular formula is C27H28N4O2. The predicted octanol–water partition coefficient (Wildman–Crippen LogP) is 3.65. The Morgan fingerprint density at radius 3 is 2.03 bits per heavy atom. The van der Waals surface area contributed by atoms with Gasteiger partial charge in [0.15, 0.2) is 0 Å². The van der Waals surface area contributed by atoms with Gasteiger partial charge < -0.3 is 14.8 Å². The van der Waals surface area contributed by atoms with Gasteiger partial charge >= 0.3 is 0 Å². The molecule has 0 aliphatic heterocycles. The Balaban J connectivity index is 1.72. The fourth-order valence-electron chi connectivity index (χ4n) is 3.93. The van der Waals surface area contributed by atoms with Gasteiger partial charge in [-0.2, -0.15) is 0 Å². The molecule has 6 heteroatoms. The lowest BCUT2D eigenvalue weighted by molar-refractivity contribution is -0.132. The van der Waals surface area contributed by atoms with Gasteiger partial charge in [-0.1, -0.05) is 72.8 Å². The van der Waals surface area contributed by atoms with Gasteiger partial charge in [-0.05, 0) is 37.4 Å². The summed E-state index contributed by atoms with van der Waals surface area (Å²) in [5.41, 5.74) is 2.30. The molecule has 0 unspecified atom stereocenters. The lowest BCUT2D eigenvalue weighted by Gasteiger charge is -2.29. The topological polar surface area (TPSA) is 69.3 Å². The zero-order chi connectivity index (χ0) is 23.2. The van der Waals surface area contributed by atoms with Crippen molar-refractivity contribution in [3.05, 3.63) is 112 Å². The van der Waals surface area contributed by atoms with Crippen LogP contribution in [0.5, 0.6) is 0 Å². The SMILES string of the molecule is CN(C)CCN(Cc1nc2ccccc2c(=O)[nH]1)C(=O)C(c1ccccc1)c1ccccc1. The molecule has 6 nitrogen and oxygen atoms in total. The largest absolute Gasteiger partial charge is 0.333 e. The number of rotatable bonds is 8. The summed E-state index contributed by atoms with van der Waals surface area (Å²) in [4.78, 5) is 37.9. The van der Waals surface area contributed by atoms with Crippen LogP contribution >= 0.6 is 0 Å². The van der Waals surface area contributed by atoms with Gasteiger partial charge in [0.05, 0.1) is 23.4 Å². The summed E-state index contributed by atoms with van der Waals surface area (Å²) in [5.74, 6) is 0.0116. The quantitative estimate of drug-likeness (QED) is 0.454. The number of hydrogen-bond donors (Lipinski definition) is 1. The molecule has 0 bridgehead atoms. The molecule has 1 heterocycles. The van der Waals surface area contributed by atoms with Crippen molar-refractivity contribution in [2.75, 3.05) is 27.2 Å². The van der Waals surface area contributed by atoms with E-state index in [0.717, 1.165) is 11.1 Å². The summed E-state index contributed by atoms with van der Waals surface area (Å²) in [5, 5.41) is 0.541. The Kier molecular flexibility index (Phi) is 6.95. The Morgan fingerprint density at radius 1 is 0.848 bits per heavy atom. The number of H-pyrrole nitrogens is 1. The summed E-state index contributed by atoms with van der Waals surface area (Å²) in [6.45, 7) is 1.43. The molecule has 1 aromatic heterocycles. The van der Waals surface area contributed by atoms with Crippen LogP contribution in [-0.4, -0.2) is 52.9 Å². The first-order chi connectivity index (χ1) is 16.0. The number of amides is 1. The molecule has 0 saturated heterocycles. The van der Waals surface area contributed by atoms with Gasteiger partial charge in [-0.15, -0.1) is 0 Å². The number of carbonyl (C=O) groups excluding carboxylic acids is 1. The van der Waals surface area contributed by atoms with Gasteiger partial charge in [-0.3, -0.25) is 9.59 Å². The molecule has 168 valence electrons. The summed E-state index contributed by atoms with van der Waals surface area (Å²) < 4.78 is 0. The third-order valence-electron chi connectivity index (χ3n) is 5.64. The number of fused-ring (bicyclic) bond motifs is 1. The van der Waals surface area contributed by atoms with Crippen LogP contribution in [0.25, 0.3) is 10.9 Å². The molecule has 0 fully saturated rings. The Labute approximate surface area is 193 Å². The lowest BCUT2D eigenvalue weighted by Crippen LogP contribution is -2.40. The minimum Gasteiger partial charge on any atom is -0.333 e. The molecule has 0 saturated carbocycles. The predicted molar refractivity (Wildman–Crippen MR) is 131 cm³/mol. The van der Waals surface area contributed by atoms with Gasteiger partial charge in [0.2, 0.25) is 5.91 Å². The second-order valence-corrected chi connectivity index (χ2v) is 8.35. The maximum Gasteiger partial charge on any atom is 0.258 e. The number of aromatic amines is 1. The summed E-state index contributed by atoms with van der Waals surface area (Å²) in [6, 6.07) is 26.9. The molecule has 3 aromatic carbocycles. The molecule has 0 spiro atoms.